The highest BCUT2D eigenvalue weighted by Crippen LogP contribution is 2.20. The first-order chi connectivity index (χ1) is 11.3. The molecule has 23 heavy (non-hydrogen) atoms. The average molecular weight is 302 g/mol. The average Bonchev–Trinajstić information content (AvgIpc) is 2.63. The van der Waals surface area contributed by atoms with Gasteiger partial charge < -0.3 is 0 Å². The molecule has 2 heterocycles. The SMILES string of the molecule is N=C(/N=N\Nc1cccc(-c2ccccn2)c1)c1ccccn1. The number of nitrogens with one attached hydrogen (secondary N) is 2. The lowest BCUT2D eigenvalue weighted by atomic mass is 10.1. The van der Waals surface area contributed by atoms with Gasteiger partial charge in [0, 0.05) is 18.0 Å². The van der Waals surface area contributed by atoms with E-state index < -0.39 is 0 Å². The second-order valence-electron chi connectivity index (χ2n) is 4.67. The van der Waals surface area contributed by atoms with Crippen LogP contribution in [0.5, 0.6) is 0 Å². The fourth-order valence-corrected chi connectivity index (χ4v) is 1.97. The van der Waals surface area contributed by atoms with Crippen molar-refractivity contribution in [3.05, 3.63) is 78.8 Å². The first kappa shape index (κ1) is 14.5. The summed E-state index contributed by atoms with van der Waals surface area (Å²) in [6.07, 6.45) is 3.37. The van der Waals surface area contributed by atoms with E-state index in [0.717, 1.165) is 16.9 Å². The van der Waals surface area contributed by atoms with Crippen molar-refractivity contribution >= 4 is 11.5 Å². The minimum atomic E-state index is -0.000944. The van der Waals surface area contributed by atoms with E-state index in [2.05, 4.69) is 25.7 Å². The zero-order chi connectivity index (χ0) is 15.9. The first-order valence-electron chi connectivity index (χ1n) is 7.01. The van der Waals surface area contributed by atoms with E-state index in [1.165, 1.54) is 0 Å². The summed E-state index contributed by atoms with van der Waals surface area (Å²) < 4.78 is 0. The Morgan fingerprint density at radius 1 is 0.913 bits per heavy atom. The highest BCUT2D eigenvalue weighted by atomic mass is 15.4. The standard InChI is InChI=1S/C17H14N6/c18-17(16-9-2-4-11-20-16)22-23-21-14-7-5-6-13(12-14)15-8-1-3-10-19-15/h1-12H,(H2,18,21,22). The fraction of sp³-hybridized carbons (Fsp3) is 0. The van der Waals surface area contributed by atoms with Gasteiger partial charge in [-0.25, -0.2) is 0 Å². The van der Waals surface area contributed by atoms with Gasteiger partial charge in [-0.15, -0.1) is 5.11 Å². The highest BCUT2D eigenvalue weighted by Gasteiger charge is 2.01. The van der Waals surface area contributed by atoms with Crippen LogP contribution in [0.3, 0.4) is 0 Å². The Bertz CT molecular complexity index is 815. The molecular formula is C17H14N6. The molecule has 0 radical (unpaired) electrons. The maximum Gasteiger partial charge on any atom is 0.194 e. The zero-order valence-corrected chi connectivity index (χ0v) is 12.2. The molecule has 3 aromatic rings. The number of rotatable bonds is 4. The second-order valence-corrected chi connectivity index (χ2v) is 4.67. The first-order valence-corrected chi connectivity index (χ1v) is 7.01. The number of nitrogens with zero attached hydrogens (tertiary/aromatic N) is 4. The molecule has 2 aromatic heterocycles. The van der Waals surface area contributed by atoms with E-state index in [9.17, 15) is 0 Å². The molecule has 0 atom stereocenters. The van der Waals surface area contributed by atoms with Crippen LogP contribution in [0.4, 0.5) is 5.69 Å². The lowest BCUT2D eigenvalue weighted by Crippen LogP contribution is -1.98. The Kier molecular flexibility index (Phi) is 4.44. The van der Waals surface area contributed by atoms with Crippen molar-refractivity contribution < 1.29 is 0 Å². The normalized spacial score (nSPS) is 10.6. The molecule has 112 valence electrons. The van der Waals surface area contributed by atoms with E-state index in [4.69, 9.17) is 5.41 Å². The summed E-state index contributed by atoms with van der Waals surface area (Å²) in [6, 6.07) is 18.7. The molecule has 0 aliphatic rings. The Labute approximate surface area is 133 Å². The van der Waals surface area contributed by atoms with Crippen LogP contribution in [-0.2, 0) is 0 Å². The van der Waals surface area contributed by atoms with Crippen molar-refractivity contribution in [1.29, 1.82) is 5.41 Å². The highest BCUT2D eigenvalue weighted by molar-refractivity contribution is 5.94. The summed E-state index contributed by atoms with van der Waals surface area (Å²) in [5.41, 5.74) is 5.92. The van der Waals surface area contributed by atoms with E-state index >= 15 is 0 Å². The van der Waals surface area contributed by atoms with Crippen LogP contribution in [0.15, 0.2) is 83.4 Å². The minimum absolute atomic E-state index is 0.000944. The molecule has 0 bridgehead atoms. The molecule has 0 saturated carbocycles. The molecule has 6 nitrogen and oxygen atoms in total. The van der Waals surface area contributed by atoms with Crippen LogP contribution in [-0.4, -0.2) is 15.8 Å². The molecular weight excluding hydrogens is 288 g/mol. The van der Waals surface area contributed by atoms with Gasteiger partial charge in [0.25, 0.3) is 0 Å². The molecule has 0 unspecified atom stereocenters. The molecule has 6 heteroatoms. The summed E-state index contributed by atoms with van der Waals surface area (Å²) in [5, 5.41) is 15.5. The van der Waals surface area contributed by atoms with Gasteiger partial charge in [0.1, 0.15) is 5.69 Å². The molecule has 1 aromatic carbocycles. The van der Waals surface area contributed by atoms with Gasteiger partial charge in [0.05, 0.1) is 11.4 Å². The molecule has 0 spiro atoms. The third kappa shape index (κ3) is 3.82. The number of hydrogen-bond donors (Lipinski definition) is 2. The number of anilines is 1. The molecule has 0 amide bonds. The molecule has 3 rings (SSSR count). The summed E-state index contributed by atoms with van der Waals surface area (Å²) >= 11 is 0. The number of pyridine rings is 2. The molecule has 2 N–H and O–H groups in total. The van der Waals surface area contributed by atoms with Gasteiger partial charge in [-0.2, -0.15) is 0 Å². The summed E-state index contributed by atoms with van der Waals surface area (Å²) in [4.78, 5) is 8.36. The zero-order valence-electron chi connectivity index (χ0n) is 12.2. The van der Waals surface area contributed by atoms with Crippen molar-refractivity contribution in [2.75, 3.05) is 5.43 Å². The van der Waals surface area contributed by atoms with Gasteiger partial charge >= 0.3 is 0 Å². The van der Waals surface area contributed by atoms with Crippen molar-refractivity contribution in [2.45, 2.75) is 0 Å². The predicted octanol–water partition coefficient (Wildman–Crippen LogP) is 3.95. The van der Waals surface area contributed by atoms with Gasteiger partial charge in [-0.05, 0) is 36.4 Å². The smallest absolute Gasteiger partial charge is 0.194 e. The van der Waals surface area contributed by atoms with Gasteiger partial charge in [-0.1, -0.05) is 29.5 Å². The third-order valence-electron chi connectivity index (χ3n) is 3.06. The molecule has 0 fully saturated rings. The van der Waals surface area contributed by atoms with Gasteiger partial charge in [-0.3, -0.25) is 20.8 Å². The van der Waals surface area contributed by atoms with E-state index in [-0.39, 0.29) is 5.84 Å². The Morgan fingerprint density at radius 2 is 1.74 bits per heavy atom. The maximum atomic E-state index is 7.80. The lowest BCUT2D eigenvalue weighted by molar-refractivity contribution is 1.13. The van der Waals surface area contributed by atoms with Crippen molar-refractivity contribution in [2.24, 2.45) is 10.3 Å². The lowest BCUT2D eigenvalue weighted by Gasteiger charge is -2.03. The number of hydrogen-bond acceptors (Lipinski definition) is 4. The maximum absolute atomic E-state index is 7.80. The third-order valence-corrected chi connectivity index (χ3v) is 3.06. The minimum Gasteiger partial charge on any atom is -0.279 e. The van der Waals surface area contributed by atoms with Crippen LogP contribution in [0.25, 0.3) is 11.3 Å². The quantitative estimate of drug-likeness (QED) is 0.331. The van der Waals surface area contributed by atoms with E-state index in [1.807, 2.05) is 42.5 Å². The second kappa shape index (κ2) is 7.04. The summed E-state index contributed by atoms with van der Waals surface area (Å²) in [7, 11) is 0. The topological polar surface area (TPSA) is 86.4 Å². The van der Waals surface area contributed by atoms with Crippen molar-refractivity contribution in [3.63, 3.8) is 0 Å². The predicted molar refractivity (Wildman–Crippen MR) is 89.2 cm³/mol. The van der Waals surface area contributed by atoms with Gasteiger partial charge in [0.2, 0.25) is 0 Å². The summed E-state index contributed by atoms with van der Waals surface area (Å²) in [5.74, 6) is -0.000944. The summed E-state index contributed by atoms with van der Waals surface area (Å²) in [6.45, 7) is 0. The van der Waals surface area contributed by atoms with Crippen molar-refractivity contribution in [1.82, 2.24) is 9.97 Å². The number of aromatic nitrogens is 2. The van der Waals surface area contributed by atoms with E-state index in [1.54, 1.807) is 30.6 Å². The van der Waals surface area contributed by atoms with Crippen LogP contribution in [0, 0.1) is 5.41 Å². The fourth-order valence-electron chi connectivity index (χ4n) is 1.97. The van der Waals surface area contributed by atoms with Gasteiger partial charge in [0.15, 0.2) is 5.84 Å². The Hall–Kier alpha value is -3.41. The molecule has 0 aliphatic carbocycles. The van der Waals surface area contributed by atoms with Crippen LogP contribution >= 0.6 is 0 Å². The molecule has 0 saturated heterocycles. The molecule has 0 aliphatic heterocycles. The number of benzene rings is 1. The van der Waals surface area contributed by atoms with Crippen LogP contribution < -0.4 is 5.43 Å². The van der Waals surface area contributed by atoms with Crippen LogP contribution in [0.1, 0.15) is 5.69 Å². The largest absolute Gasteiger partial charge is 0.279 e. The Morgan fingerprint density at radius 3 is 2.48 bits per heavy atom. The van der Waals surface area contributed by atoms with E-state index in [0.29, 0.717) is 5.69 Å². The van der Waals surface area contributed by atoms with Crippen LogP contribution in [0.2, 0.25) is 0 Å². The van der Waals surface area contributed by atoms with Crippen molar-refractivity contribution in [3.8, 4) is 11.3 Å². The Balaban J connectivity index is 1.69. The number of amidine groups is 1. The monoisotopic (exact) mass is 302 g/mol.